The molecular formula is C28H32N4O3S. The highest BCUT2D eigenvalue weighted by Gasteiger charge is 2.30. The largest absolute Gasteiger partial charge is 0.378 e. The first-order valence-corrected chi connectivity index (χ1v) is 13.3. The minimum Gasteiger partial charge on any atom is -0.378 e. The Labute approximate surface area is 212 Å². The third kappa shape index (κ3) is 4.66. The van der Waals surface area contributed by atoms with E-state index in [9.17, 15) is 13.2 Å². The van der Waals surface area contributed by atoms with Gasteiger partial charge in [-0.25, -0.2) is 13.4 Å². The second-order valence-corrected chi connectivity index (χ2v) is 11.5. The van der Waals surface area contributed by atoms with Crippen molar-refractivity contribution in [1.82, 2.24) is 13.9 Å². The molecule has 0 aliphatic carbocycles. The zero-order valence-electron chi connectivity index (χ0n) is 21.5. The van der Waals surface area contributed by atoms with Crippen LogP contribution in [-0.4, -0.2) is 43.4 Å². The number of rotatable bonds is 7. The minimum absolute atomic E-state index is 0.200. The van der Waals surface area contributed by atoms with E-state index in [2.05, 4.69) is 13.8 Å². The van der Waals surface area contributed by atoms with Crippen molar-refractivity contribution in [3.63, 3.8) is 0 Å². The average molecular weight is 505 g/mol. The second-order valence-electron chi connectivity index (χ2n) is 9.46. The van der Waals surface area contributed by atoms with Crippen LogP contribution in [-0.2, 0) is 10.0 Å². The molecule has 0 aliphatic rings. The van der Waals surface area contributed by atoms with Crippen LogP contribution in [0.25, 0.3) is 16.6 Å². The monoisotopic (exact) mass is 504 g/mol. The predicted octanol–water partition coefficient (Wildman–Crippen LogP) is 4.96. The van der Waals surface area contributed by atoms with E-state index < -0.39 is 16.1 Å². The standard InChI is InChI=1S/C28H32N4O3S/c1-19(2)21-11-17-24(18-12-21)36(34,35)31(6)20(3)27-29-26-10-8-7-9-25(26)28(33)32(27)23-15-13-22(14-16-23)30(4)5/h7-20H,1-6H3. The smallest absolute Gasteiger partial charge is 0.266 e. The van der Waals surface area contributed by atoms with Crippen LogP contribution in [0.5, 0.6) is 0 Å². The third-order valence-corrected chi connectivity index (χ3v) is 8.51. The number of hydrogen-bond acceptors (Lipinski definition) is 5. The van der Waals surface area contributed by atoms with Crippen LogP contribution in [0.4, 0.5) is 5.69 Å². The van der Waals surface area contributed by atoms with Gasteiger partial charge < -0.3 is 4.90 Å². The first kappa shape index (κ1) is 25.6. The van der Waals surface area contributed by atoms with Gasteiger partial charge in [0.1, 0.15) is 5.82 Å². The van der Waals surface area contributed by atoms with Crippen molar-refractivity contribution in [2.45, 2.75) is 37.6 Å². The van der Waals surface area contributed by atoms with Gasteiger partial charge in [-0.1, -0.05) is 38.1 Å². The number of aromatic nitrogens is 2. The van der Waals surface area contributed by atoms with Crippen LogP contribution in [0.1, 0.15) is 44.1 Å². The number of anilines is 1. The molecule has 0 aliphatic heterocycles. The summed E-state index contributed by atoms with van der Waals surface area (Å²) in [6, 6.07) is 20.9. The lowest BCUT2D eigenvalue weighted by Crippen LogP contribution is -2.35. The molecular weight excluding hydrogens is 472 g/mol. The van der Waals surface area contributed by atoms with Gasteiger partial charge in [-0.15, -0.1) is 0 Å². The molecule has 0 fully saturated rings. The fourth-order valence-corrected chi connectivity index (χ4v) is 5.46. The van der Waals surface area contributed by atoms with Gasteiger partial charge in [-0.2, -0.15) is 4.31 Å². The van der Waals surface area contributed by atoms with E-state index in [1.807, 2.05) is 61.5 Å². The van der Waals surface area contributed by atoms with Crippen molar-refractivity contribution in [2.24, 2.45) is 0 Å². The molecule has 0 radical (unpaired) electrons. The zero-order valence-corrected chi connectivity index (χ0v) is 22.3. The Morgan fingerprint density at radius 3 is 2.03 bits per heavy atom. The third-order valence-electron chi connectivity index (χ3n) is 6.57. The van der Waals surface area contributed by atoms with Crippen LogP contribution in [0.2, 0.25) is 0 Å². The molecule has 0 saturated carbocycles. The summed E-state index contributed by atoms with van der Waals surface area (Å²) in [6.07, 6.45) is 0. The molecule has 0 spiro atoms. The molecule has 0 bridgehead atoms. The summed E-state index contributed by atoms with van der Waals surface area (Å²) < 4.78 is 29.9. The molecule has 1 heterocycles. The van der Waals surface area contributed by atoms with E-state index in [1.165, 1.54) is 15.9 Å². The number of para-hydroxylation sites is 1. The van der Waals surface area contributed by atoms with Gasteiger partial charge >= 0.3 is 0 Å². The van der Waals surface area contributed by atoms with Crippen LogP contribution >= 0.6 is 0 Å². The molecule has 36 heavy (non-hydrogen) atoms. The number of nitrogens with zero attached hydrogens (tertiary/aromatic N) is 4. The average Bonchev–Trinajstić information content (AvgIpc) is 2.87. The van der Waals surface area contributed by atoms with Gasteiger partial charge in [0.25, 0.3) is 5.56 Å². The Bertz CT molecular complexity index is 1540. The summed E-state index contributed by atoms with van der Waals surface area (Å²) in [4.78, 5) is 20.6. The van der Waals surface area contributed by atoms with Crippen molar-refractivity contribution >= 4 is 26.6 Å². The normalized spacial score (nSPS) is 12.9. The summed E-state index contributed by atoms with van der Waals surface area (Å²) in [5, 5.41) is 0.472. The van der Waals surface area contributed by atoms with E-state index in [1.54, 1.807) is 37.3 Å². The highest BCUT2D eigenvalue weighted by Crippen LogP contribution is 2.28. The molecule has 8 heteroatoms. The summed E-state index contributed by atoms with van der Waals surface area (Å²) in [6.45, 7) is 5.88. The van der Waals surface area contributed by atoms with E-state index in [0.29, 0.717) is 28.3 Å². The molecule has 0 saturated heterocycles. The fourth-order valence-electron chi connectivity index (χ4n) is 4.14. The SMILES string of the molecule is CC(C)c1ccc(S(=O)(=O)N(C)C(C)c2nc3ccccc3c(=O)n2-c2ccc(N(C)C)cc2)cc1. The number of benzene rings is 3. The lowest BCUT2D eigenvalue weighted by atomic mass is 10.0. The predicted molar refractivity (Wildman–Crippen MR) is 146 cm³/mol. The quantitative estimate of drug-likeness (QED) is 0.356. The van der Waals surface area contributed by atoms with Crippen molar-refractivity contribution in [1.29, 1.82) is 0 Å². The van der Waals surface area contributed by atoms with Crippen LogP contribution in [0, 0.1) is 0 Å². The van der Waals surface area contributed by atoms with Crippen LogP contribution in [0.3, 0.4) is 0 Å². The fraction of sp³-hybridized carbons (Fsp3) is 0.286. The number of sulfonamides is 1. The molecule has 188 valence electrons. The van der Waals surface area contributed by atoms with Gasteiger partial charge in [0, 0.05) is 26.8 Å². The Morgan fingerprint density at radius 2 is 1.44 bits per heavy atom. The van der Waals surface area contributed by atoms with Crippen LogP contribution < -0.4 is 10.5 Å². The topological polar surface area (TPSA) is 75.5 Å². The molecule has 1 atom stereocenters. The summed E-state index contributed by atoms with van der Waals surface area (Å²) in [5.41, 5.74) is 2.96. The molecule has 0 N–H and O–H groups in total. The first-order chi connectivity index (χ1) is 17.0. The van der Waals surface area contributed by atoms with E-state index in [4.69, 9.17) is 4.98 Å². The maximum Gasteiger partial charge on any atom is 0.266 e. The first-order valence-electron chi connectivity index (χ1n) is 11.9. The van der Waals surface area contributed by atoms with Gasteiger partial charge in [-0.05, 0) is 66.9 Å². The number of fused-ring (bicyclic) bond motifs is 1. The highest BCUT2D eigenvalue weighted by atomic mass is 32.2. The Balaban J connectivity index is 1.85. The second kappa shape index (κ2) is 9.87. The van der Waals surface area contributed by atoms with E-state index >= 15 is 0 Å². The molecule has 1 aromatic heterocycles. The molecule has 4 aromatic rings. The minimum atomic E-state index is -3.84. The molecule has 1 unspecified atom stereocenters. The maximum absolute atomic E-state index is 13.7. The van der Waals surface area contributed by atoms with Gasteiger partial charge in [0.2, 0.25) is 10.0 Å². The van der Waals surface area contributed by atoms with E-state index in [-0.39, 0.29) is 10.5 Å². The van der Waals surface area contributed by atoms with Crippen molar-refractivity contribution in [3.8, 4) is 5.69 Å². The lowest BCUT2D eigenvalue weighted by molar-refractivity contribution is 0.379. The molecule has 3 aromatic carbocycles. The van der Waals surface area contributed by atoms with Gasteiger partial charge in [0.05, 0.1) is 27.5 Å². The Morgan fingerprint density at radius 1 is 0.833 bits per heavy atom. The van der Waals surface area contributed by atoms with Crippen molar-refractivity contribution in [2.75, 3.05) is 26.0 Å². The Hall–Kier alpha value is -3.49. The lowest BCUT2D eigenvalue weighted by Gasteiger charge is -2.26. The number of hydrogen-bond donors (Lipinski definition) is 0. The maximum atomic E-state index is 13.7. The van der Waals surface area contributed by atoms with Crippen LogP contribution in [0.15, 0.2) is 82.5 Å². The summed E-state index contributed by atoms with van der Waals surface area (Å²) in [7, 11) is 1.57. The molecule has 7 nitrogen and oxygen atoms in total. The van der Waals surface area contributed by atoms with Gasteiger partial charge in [-0.3, -0.25) is 9.36 Å². The molecule has 4 rings (SSSR count). The van der Waals surface area contributed by atoms with Gasteiger partial charge in [0.15, 0.2) is 0 Å². The molecule has 0 amide bonds. The summed E-state index contributed by atoms with van der Waals surface area (Å²) >= 11 is 0. The van der Waals surface area contributed by atoms with Crippen molar-refractivity contribution in [3.05, 3.63) is 94.5 Å². The van der Waals surface area contributed by atoms with E-state index in [0.717, 1.165) is 11.3 Å². The summed E-state index contributed by atoms with van der Waals surface area (Å²) in [5.74, 6) is 0.648. The zero-order chi connectivity index (χ0) is 26.2. The Kier molecular flexibility index (Phi) is 7.02. The highest BCUT2D eigenvalue weighted by molar-refractivity contribution is 7.89. The van der Waals surface area contributed by atoms with Crippen molar-refractivity contribution < 1.29 is 8.42 Å².